The number of nitrogens with zero attached hydrogens (tertiary/aromatic N) is 1. The summed E-state index contributed by atoms with van der Waals surface area (Å²) in [6.07, 6.45) is 0.324. The molecule has 220 valence electrons. The zero-order valence-corrected chi connectivity index (χ0v) is 25.5. The van der Waals surface area contributed by atoms with Crippen molar-refractivity contribution in [3.8, 4) is 6.07 Å². The van der Waals surface area contributed by atoms with Crippen LogP contribution in [0.3, 0.4) is 0 Å². The van der Waals surface area contributed by atoms with Crippen LogP contribution >= 0.6 is 34.8 Å². The van der Waals surface area contributed by atoms with Crippen LogP contribution in [0.25, 0.3) is 0 Å². The third-order valence-corrected chi connectivity index (χ3v) is 8.21. The lowest BCUT2D eigenvalue weighted by Gasteiger charge is -2.37. The molecule has 42 heavy (non-hydrogen) atoms. The van der Waals surface area contributed by atoms with Crippen LogP contribution in [0.15, 0.2) is 54.6 Å². The maximum atomic E-state index is 15.8. The van der Waals surface area contributed by atoms with Gasteiger partial charge in [-0.1, -0.05) is 73.8 Å². The predicted molar refractivity (Wildman–Crippen MR) is 159 cm³/mol. The highest BCUT2D eigenvalue weighted by Crippen LogP contribution is 2.53. The van der Waals surface area contributed by atoms with Gasteiger partial charge in [0, 0.05) is 28.2 Å². The van der Waals surface area contributed by atoms with Gasteiger partial charge in [0.2, 0.25) is 5.91 Å². The van der Waals surface area contributed by atoms with Gasteiger partial charge in [0.25, 0.3) is 0 Å². The van der Waals surface area contributed by atoms with E-state index in [-0.39, 0.29) is 42.9 Å². The highest BCUT2D eigenvalue weighted by atomic mass is 35.5. The molecule has 0 radical (unpaired) electrons. The second-order valence-corrected chi connectivity index (χ2v) is 12.6. The minimum atomic E-state index is -1.76. The first kappa shape index (κ1) is 31.7. The smallest absolute Gasteiger partial charge is 0.339 e. The molecule has 0 bridgehead atoms. The number of hydrogen-bond donors (Lipinski definition) is 2. The van der Waals surface area contributed by atoms with Crippen LogP contribution in [0.1, 0.15) is 54.6 Å². The summed E-state index contributed by atoms with van der Waals surface area (Å²) in [5.74, 6) is -4.09. The van der Waals surface area contributed by atoms with E-state index < -0.39 is 46.9 Å². The molecular formula is C31H28Cl3F2N3O3. The van der Waals surface area contributed by atoms with E-state index in [1.54, 1.807) is 0 Å². The summed E-state index contributed by atoms with van der Waals surface area (Å²) in [6.45, 7) is 5.84. The van der Waals surface area contributed by atoms with Gasteiger partial charge in [0.05, 0.1) is 34.8 Å². The van der Waals surface area contributed by atoms with Crippen molar-refractivity contribution < 1.29 is 23.1 Å². The molecule has 1 amide bonds. The number of benzene rings is 3. The van der Waals surface area contributed by atoms with Gasteiger partial charge in [0.1, 0.15) is 17.0 Å². The molecule has 4 atom stereocenters. The minimum Gasteiger partial charge on any atom is -0.465 e. The van der Waals surface area contributed by atoms with Crippen molar-refractivity contribution >= 4 is 52.4 Å². The molecule has 1 heterocycles. The van der Waals surface area contributed by atoms with Crippen molar-refractivity contribution in [2.45, 2.75) is 50.6 Å². The van der Waals surface area contributed by atoms with Crippen LogP contribution in [0.5, 0.6) is 0 Å². The molecule has 2 unspecified atom stereocenters. The monoisotopic (exact) mass is 633 g/mol. The van der Waals surface area contributed by atoms with E-state index in [1.807, 2.05) is 20.8 Å². The van der Waals surface area contributed by atoms with E-state index in [1.165, 1.54) is 55.6 Å². The number of nitrogens with one attached hydrogen (secondary N) is 2. The Morgan fingerprint density at radius 3 is 2.38 bits per heavy atom. The zero-order chi connectivity index (χ0) is 31.0. The Balaban J connectivity index is 1.91. The molecule has 3 aromatic rings. The van der Waals surface area contributed by atoms with Crippen molar-refractivity contribution in [2.24, 2.45) is 5.41 Å². The molecule has 0 saturated carbocycles. The number of anilines is 1. The molecule has 4 rings (SSSR count). The van der Waals surface area contributed by atoms with E-state index in [0.717, 1.165) is 6.07 Å². The molecular weight excluding hydrogens is 607 g/mol. The summed E-state index contributed by atoms with van der Waals surface area (Å²) in [5.41, 5.74) is -1.86. The summed E-state index contributed by atoms with van der Waals surface area (Å²) in [7, 11) is 1.22. The average Bonchev–Trinajstić information content (AvgIpc) is 3.23. The Hall–Kier alpha value is -3.22. The Bertz CT molecular complexity index is 1590. The Kier molecular flexibility index (Phi) is 9.19. The quantitative estimate of drug-likeness (QED) is 0.272. The van der Waals surface area contributed by atoms with E-state index in [2.05, 4.69) is 16.7 Å². The molecule has 0 aliphatic carbocycles. The third-order valence-electron chi connectivity index (χ3n) is 7.37. The van der Waals surface area contributed by atoms with E-state index in [9.17, 15) is 14.9 Å². The SMILES string of the molecule is COC(=O)c1ccc(NC(=O)[C@@H]2NC(CC(C)(C)C)[C@](C#N)(c3ccc(Cl)cc3F)C2c2cccc(Cl)c2F)cc1Cl. The van der Waals surface area contributed by atoms with Gasteiger partial charge in [-0.15, -0.1) is 0 Å². The fraction of sp³-hybridized carbons (Fsp3) is 0.323. The number of rotatable bonds is 6. The highest BCUT2D eigenvalue weighted by Gasteiger charge is 2.61. The summed E-state index contributed by atoms with van der Waals surface area (Å²) in [6, 6.07) is 12.8. The van der Waals surface area contributed by atoms with Gasteiger partial charge in [-0.05, 0) is 53.8 Å². The molecule has 11 heteroatoms. The minimum absolute atomic E-state index is 0.0264. The molecule has 1 aliphatic heterocycles. The van der Waals surface area contributed by atoms with Gasteiger partial charge < -0.3 is 15.4 Å². The lowest BCUT2D eigenvalue weighted by molar-refractivity contribution is -0.118. The van der Waals surface area contributed by atoms with Gasteiger partial charge in [-0.2, -0.15) is 5.26 Å². The molecule has 1 saturated heterocycles. The van der Waals surface area contributed by atoms with Crippen molar-refractivity contribution in [2.75, 3.05) is 12.4 Å². The Morgan fingerprint density at radius 1 is 1.07 bits per heavy atom. The summed E-state index contributed by atoms with van der Waals surface area (Å²) < 4.78 is 36.2. The average molecular weight is 635 g/mol. The molecule has 0 aromatic heterocycles. The molecule has 1 fully saturated rings. The summed E-state index contributed by atoms with van der Waals surface area (Å²) in [4.78, 5) is 25.9. The van der Waals surface area contributed by atoms with Crippen molar-refractivity contribution in [3.05, 3.63) is 98.0 Å². The molecule has 6 nitrogen and oxygen atoms in total. The number of carbonyl (C=O) groups excluding carboxylic acids is 2. The standard InChI is InChI=1S/C31H28Cl3F2N3O3/c1-30(2,3)14-24-31(15-37,20-11-8-16(32)12-23(20)35)25(19-6-5-7-21(33)26(19)36)27(39-24)28(40)38-17-9-10-18(22(34)13-17)29(41)42-4/h5-13,24-25,27,39H,14H2,1-4H3,(H,38,40)/t24?,25?,27-,31+/m1/s1. The van der Waals surface area contributed by atoms with Crippen LogP contribution in [0.2, 0.25) is 15.1 Å². The first-order chi connectivity index (χ1) is 19.7. The topological polar surface area (TPSA) is 91.2 Å². The number of amides is 1. The normalized spacial score (nSPS) is 22.0. The molecule has 1 aliphatic rings. The fourth-order valence-corrected chi connectivity index (χ4v) is 6.24. The summed E-state index contributed by atoms with van der Waals surface area (Å²) >= 11 is 18.5. The first-order valence-corrected chi connectivity index (χ1v) is 14.1. The van der Waals surface area contributed by atoms with Crippen molar-refractivity contribution in [1.82, 2.24) is 5.32 Å². The maximum Gasteiger partial charge on any atom is 0.339 e. The van der Waals surface area contributed by atoms with Crippen LogP contribution in [0.4, 0.5) is 14.5 Å². The van der Waals surface area contributed by atoms with E-state index in [4.69, 9.17) is 39.5 Å². The number of methoxy groups -OCH3 is 1. The number of esters is 1. The van der Waals surface area contributed by atoms with Crippen LogP contribution in [0, 0.1) is 28.4 Å². The lowest BCUT2D eigenvalue weighted by Crippen LogP contribution is -2.45. The second-order valence-electron chi connectivity index (χ2n) is 11.4. The summed E-state index contributed by atoms with van der Waals surface area (Å²) in [5, 5.41) is 16.9. The maximum absolute atomic E-state index is 15.8. The third kappa shape index (κ3) is 5.97. The van der Waals surface area contributed by atoms with Crippen LogP contribution in [-0.4, -0.2) is 31.1 Å². The van der Waals surface area contributed by atoms with Gasteiger partial charge >= 0.3 is 5.97 Å². The lowest BCUT2D eigenvalue weighted by atomic mass is 9.62. The number of carbonyl (C=O) groups is 2. The molecule has 2 N–H and O–H groups in total. The zero-order valence-electron chi connectivity index (χ0n) is 23.2. The van der Waals surface area contributed by atoms with Crippen molar-refractivity contribution in [1.29, 1.82) is 5.26 Å². The predicted octanol–water partition coefficient (Wildman–Crippen LogP) is 7.67. The largest absolute Gasteiger partial charge is 0.465 e. The molecule has 3 aromatic carbocycles. The van der Waals surface area contributed by atoms with E-state index >= 15 is 8.78 Å². The fourth-order valence-electron chi connectivity index (χ4n) is 5.65. The number of halogens is 5. The molecule has 0 spiro atoms. The van der Waals surface area contributed by atoms with Crippen LogP contribution in [-0.2, 0) is 14.9 Å². The van der Waals surface area contributed by atoms with Crippen molar-refractivity contribution in [3.63, 3.8) is 0 Å². The van der Waals surface area contributed by atoms with E-state index in [0.29, 0.717) is 6.42 Å². The first-order valence-electron chi connectivity index (χ1n) is 13.0. The van der Waals surface area contributed by atoms with Gasteiger partial charge in [-0.25, -0.2) is 13.6 Å². The van der Waals surface area contributed by atoms with Gasteiger partial charge in [-0.3, -0.25) is 4.79 Å². The van der Waals surface area contributed by atoms with Crippen LogP contribution < -0.4 is 10.6 Å². The van der Waals surface area contributed by atoms with Gasteiger partial charge in [0.15, 0.2) is 0 Å². The highest BCUT2D eigenvalue weighted by molar-refractivity contribution is 6.34. The second kappa shape index (κ2) is 12.2. The number of hydrogen-bond acceptors (Lipinski definition) is 5. The Morgan fingerprint density at radius 2 is 1.79 bits per heavy atom. The number of ether oxygens (including phenoxy) is 1. The Labute approximate surface area is 257 Å². The number of nitriles is 1.